The number of benzene rings is 2. The van der Waals surface area contributed by atoms with Crippen LogP contribution in [0.1, 0.15) is 6.92 Å². The van der Waals surface area contributed by atoms with Gasteiger partial charge in [0.05, 0.1) is 10.2 Å². The fourth-order valence-corrected chi connectivity index (χ4v) is 2.30. The maximum absolute atomic E-state index is 5.71. The van der Waals surface area contributed by atoms with Gasteiger partial charge in [0.15, 0.2) is 0 Å². The van der Waals surface area contributed by atoms with Crippen LogP contribution in [0.3, 0.4) is 0 Å². The van der Waals surface area contributed by atoms with E-state index in [4.69, 9.17) is 4.74 Å². The summed E-state index contributed by atoms with van der Waals surface area (Å²) in [4.78, 5) is 0. The maximum Gasteiger partial charge on any atom is 0.140 e. The first kappa shape index (κ1) is 11.5. The van der Waals surface area contributed by atoms with E-state index in [2.05, 4.69) is 52.9 Å². The standard InChI is InChI=1S/C14H13IO/c1-2-16-14-12(9-6-10-13(14)15)11-7-4-3-5-8-11/h3-10H,2H2,1H3. The Kier molecular flexibility index (Phi) is 3.83. The quantitative estimate of drug-likeness (QED) is 0.763. The van der Waals surface area contributed by atoms with Crippen molar-refractivity contribution in [2.24, 2.45) is 0 Å². The molecule has 0 spiro atoms. The van der Waals surface area contributed by atoms with Crippen LogP contribution < -0.4 is 4.74 Å². The number of ether oxygens (including phenoxy) is 1. The molecule has 0 aliphatic heterocycles. The van der Waals surface area contributed by atoms with Gasteiger partial charge in [-0.1, -0.05) is 42.5 Å². The van der Waals surface area contributed by atoms with Crippen molar-refractivity contribution < 1.29 is 4.74 Å². The molecule has 2 heteroatoms. The second-order valence-electron chi connectivity index (χ2n) is 3.42. The molecular weight excluding hydrogens is 311 g/mol. The van der Waals surface area contributed by atoms with Crippen molar-refractivity contribution in [3.8, 4) is 16.9 Å². The third-order valence-corrected chi connectivity index (χ3v) is 3.19. The highest BCUT2D eigenvalue weighted by Crippen LogP contribution is 2.33. The molecule has 0 fully saturated rings. The van der Waals surface area contributed by atoms with E-state index in [0.717, 1.165) is 14.9 Å². The summed E-state index contributed by atoms with van der Waals surface area (Å²) in [5.74, 6) is 0.983. The summed E-state index contributed by atoms with van der Waals surface area (Å²) in [6.07, 6.45) is 0. The predicted molar refractivity (Wildman–Crippen MR) is 75.8 cm³/mol. The highest BCUT2D eigenvalue weighted by Gasteiger charge is 2.08. The highest BCUT2D eigenvalue weighted by molar-refractivity contribution is 14.1. The smallest absolute Gasteiger partial charge is 0.140 e. The molecule has 0 saturated heterocycles. The molecule has 0 unspecified atom stereocenters. The molecule has 0 bridgehead atoms. The molecule has 1 nitrogen and oxygen atoms in total. The zero-order valence-corrected chi connectivity index (χ0v) is 11.3. The van der Waals surface area contributed by atoms with Crippen molar-refractivity contribution >= 4 is 22.6 Å². The maximum atomic E-state index is 5.71. The van der Waals surface area contributed by atoms with Crippen LogP contribution in [0.4, 0.5) is 0 Å². The van der Waals surface area contributed by atoms with Gasteiger partial charge in [0, 0.05) is 5.56 Å². The largest absolute Gasteiger partial charge is 0.492 e. The molecule has 0 atom stereocenters. The fourth-order valence-electron chi connectivity index (χ4n) is 1.64. The van der Waals surface area contributed by atoms with E-state index in [9.17, 15) is 0 Å². The van der Waals surface area contributed by atoms with Crippen LogP contribution in [0.25, 0.3) is 11.1 Å². The number of rotatable bonds is 3. The molecule has 2 rings (SSSR count). The molecule has 82 valence electrons. The Hall–Kier alpha value is -1.03. The zero-order valence-electron chi connectivity index (χ0n) is 9.11. The minimum atomic E-state index is 0.694. The third-order valence-electron chi connectivity index (χ3n) is 2.34. The van der Waals surface area contributed by atoms with Gasteiger partial charge in [-0.25, -0.2) is 0 Å². The molecule has 0 N–H and O–H groups in total. The minimum absolute atomic E-state index is 0.694. The van der Waals surface area contributed by atoms with Crippen molar-refractivity contribution in [2.75, 3.05) is 6.61 Å². The Labute approximate surface area is 110 Å². The molecule has 0 saturated carbocycles. The van der Waals surface area contributed by atoms with E-state index >= 15 is 0 Å². The van der Waals surface area contributed by atoms with Crippen LogP contribution in [-0.2, 0) is 0 Å². The van der Waals surface area contributed by atoms with Gasteiger partial charge < -0.3 is 4.74 Å². The lowest BCUT2D eigenvalue weighted by molar-refractivity contribution is 0.339. The summed E-state index contributed by atoms with van der Waals surface area (Å²) in [7, 11) is 0. The molecule has 0 aliphatic carbocycles. The molecule has 0 aliphatic rings. The van der Waals surface area contributed by atoms with E-state index in [1.54, 1.807) is 0 Å². The van der Waals surface area contributed by atoms with Crippen LogP contribution >= 0.6 is 22.6 Å². The first-order valence-corrected chi connectivity index (χ1v) is 6.37. The first-order valence-electron chi connectivity index (χ1n) is 5.29. The van der Waals surface area contributed by atoms with E-state index in [1.807, 2.05) is 25.1 Å². The summed E-state index contributed by atoms with van der Waals surface area (Å²) in [5, 5.41) is 0. The average molecular weight is 324 g/mol. The highest BCUT2D eigenvalue weighted by atomic mass is 127. The summed E-state index contributed by atoms with van der Waals surface area (Å²) in [6, 6.07) is 16.6. The van der Waals surface area contributed by atoms with Gasteiger partial charge in [-0.2, -0.15) is 0 Å². The van der Waals surface area contributed by atoms with Crippen LogP contribution in [-0.4, -0.2) is 6.61 Å². The van der Waals surface area contributed by atoms with Gasteiger partial charge in [0.25, 0.3) is 0 Å². The van der Waals surface area contributed by atoms with Gasteiger partial charge in [0.2, 0.25) is 0 Å². The van der Waals surface area contributed by atoms with Gasteiger partial charge in [0.1, 0.15) is 5.75 Å². The van der Waals surface area contributed by atoms with Crippen LogP contribution in [0.5, 0.6) is 5.75 Å². The fraction of sp³-hybridized carbons (Fsp3) is 0.143. The van der Waals surface area contributed by atoms with Crippen LogP contribution in [0.2, 0.25) is 0 Å². The Balaban J connectivity index is 2.52. The van der Waals surface area contributed by atoms with E-state index in [1.165, 1.54) is 5.56 Å². The summed E-state index contributed by atoms with van der Waals surface area (Å²) >= 11 is 2.31. The van der Waals surface area contributed by atoms with Gasteiger partial charge >= 0.3 is 0 Å². The van der Waals surface area contributed by atoms with E-state index in [-0.39, 0.29) is 0 Å². The van der Waals surface area contributed by atoms with Crippen molar-refractivity contribution in [3.05, 3.63) is 52.1 Å². The summed E-state index contributed by atoms with van der Waals surface area (Å²) in [6.45, 7) is 2.71. The third kappa shape index (κ3) is 2.38. The van der Waals surface area contributed by atoms with Crippen molar-refractivity contribution in [3.63, 3.8) is 0 Å². The Morgan fingerprint density at radius 3 is 2.44 bits per heavy atom. The van der Waals surface area contributed by atoms with Crippen molar-refractivity contribution in [1.29, 1.82) is 0 Å². The number of hydrogen-bond acceptors (Lipinski definition) is 1. The van der Waals surface area contributed by atoms with E-state index in [0.29, 0.717) is 6.61 Å². The second kappa shape index (κ2) is 5.34. The Bertz CT molecular complexity index is 465. The molecule has 0 aromatic heterocycles. The number of halogens is 1. The normalized spacial score (nSPS) is 10.1. The van der Waals surface area contributed by atoms with Gasteiger partial charge in [-0.05, 0) is 41.1 Å². The molecule has 0 heterocycles. The van der Waals surface area contributed by atoms with E-state index < -0.39 is 0 Å². The van der Waals surface area contributed by atoms with Gasteiger partial charge in [-0.3, -0.25) is 0 Å². The number of para-hydroxylation sites is 1. The SMILES string of the molecule is CCOc1c(I)cccc1-c1ccccc1. The minimum Gasteiger partial charge on any atom is -0.492 e. The zero-order chi connectivity index (χ0) is 11.4. The molecule has 0 radical (unpaired) electrons. The molecule has 16 heavy (non-hydrogen) atoms. The molecular formula is C14H13IO. The van der Waals surface area contributed by atoms with Crippen molar-refractivity contribution in [2.45, 2.75) is 6.92 Å². The first-order chi connectivity index (χ1) is 7.83. The lowest BCUT2D eigenvalue weighted by Crippen LogP contribution is -1.96. The topological polar surface area (TPSA) is 9.23 Å². The van der Waals surface area contributed by atoms with Crippen LogP contribution in [0, 0.1) is 3.57 Å². The lowest BCUT2D eigenvalue weighted by Gasteiger charge is -2.12. The lowest BCUT2D eigenvalue weighted by atomic mass is 10.1. The molecule has 2 aromatic carbocycles. The van der Waals surface area contributed by atoms with Gasteiger partial charge in [-0.15, -0.1) is 0 Å². The predicted octanol–water partition coefficient (Wildman–Crippen LogP) is 4.36. The summed E-state index contributed by atoms with van der Waals surface area (Å²) in [5.41, 5.74) is 2.36. The second-order valence-corrected chi connectivity index (χ2v) is 4.58. The monoisotopic (exact) mass is 324 g/mol. The van der Waals surface area contributed by atoms with Crippen molar-refractivity contribution in [1.82, 2.24) is 0 Å². The number of hydrogen-bond donors (Lipinski definition) is 0. The van der Waals surface area contributed by atoms with Crippen LogP contribution in [0.15, 0.2) is 48.5 Å². The Morgan fingerprint density at radius 1 is 1.00 bits per heavy atom. The average Bonchev–Trinajstić information content (AvgIpc) is 2.33. The Morgan fingerprint density at radius 2 is 1.75 bits per heavy atom. The molecule has 0 amide bonds. The summed E-state index contributed by atoms with van der Waals surface area (Å²) < 4.78 is 6.87. The molecule has 2 aromatic rings.